The Balaban J connectivity index is 1.15. The van der Waals surface area contributed by atoms with E-state index in [0.717, 1.165) is 77.6 Å². The van der Waals surface area contributed by atoms with Crippen LogP contribution in [0.2, 0.25) is 0 Å². The first-order valence-electron chi connectivity index (χ1n) is 14.6. The minimum atomic E-state index is 0.616. The summed E-state index contributed by atoms with van der Waals surface area (Å²) in [6, 6.07) is 45.6. The summed E-state index contributed by atoms with van der Waals surface area (Å²) in [4.78, 5) is 15.0. The highest BCUT2D eigenvalue weighted by Gasteiger charge is 2.17. The van der Waals surface area contributed by atoms with Gasteiger partial charge in [0.15, 0.2) is 5.58 Å². The third-order valence-corrected chi connectivity index (χ3v) is 8.26. The Morgan fingerprint density at radius 3 is 2.07 bits per heavy atom. The number of fused-ring (bicyclic) bond motifs is 6. The molecule has 0 saturated heterocycles. The van der Waals surface area contributed by atoms with Gasteiger partial charge in [0, 0.05) is 45.2 Å². The topological polar surface area (TPSA) is 56.2 Å². The van der Waals surface area contributed by atoms with Crippen molar-refractivity contribution in [3.63, 3.8) is 0 Å². The molecule has 0 aliphatic carbocycles. The molecule has 0 bridgehead atoms. The number of imidazole rings is 1. The highest BCUT2D eigenvalue weighted by Crippen LogP contribution is 2.38. The third kappa shape index (κ3) is 3.98. The fourth-order valence-electron chi connectivity index (χ4n) is 6.08. The van der Waals surface area contributed by atoms with Gasteiger partial charge in [0.1, 0.15) is 11.2 Å². The minimum Gasteiger partial charge on any atom is -0.436 e. The monoisotopic (exact) mass is 564 g/mol. The van der Waals surface area contributed by atoms with Crippen LogP contribution in [0.15, 0.2) is 150 Å². The number of para-hydroxylation sites is 1. The van der Waals surface area contributed by atoms with E-state index in [0.29, 0.717) is 5.89 Å². The van der Waals surface area contributed by atoms with Crippen LogP contribution in [0.25, 0.3) is 83.5 Å². The lowest BCUT2D eigenvalue weighted by Gasteiger charge is -2.11. The van der Waals surface area contributed by atoms with E-state index in [9.17, 15) is 0 Å². The maximum atomic E-state index is 6.24. The van der Waals surface area contributed by atoms with Crippen LogP contribution in [0.5, 0.6) is 0 Å². The smallest absolute Gasteiger partial charge is 0.227 e. The zero-order valence-electron chi connectivity index (χ0n) is 23.6. The largest absolute Gasteiger partial charge is 0.436 e. The van der Waals surface area contributed by atoms with Crippen molar-refractivity contribution in [2.24, 2.45) is 0 Å². The van der Waals surface area contributed by atoms with Crippen molar-refractivity contribution in [3.05, 3.63) is 146 Å². The molecule has 206 valence electrons. The molecule has 0 aliphatic rings. The molecule has 0 fully saturated rings. The second-order valence-electron chi connectivity index (χ2n) is 10.9. The van der Waals surface area contributed by atoms with Crippen LogP contribution in [0.4, 0.5) is 0 Å². The van der Waals surface area contributed by atoms with Gasteiger partial charge in [0.05, 0.1) is 16.9 Å². The Bertz CT molecular complexity index is 2480. The molecular formula is C39H24N4O. The fourth-order valence-corrected chi connectivity index (χ4v) is 6.08. The first-order chi connectivity index (χ1) is 21.8. The molecule has 9 aromatic rings. The van der Waals surface area contributed by atoms with Gasteiger partial charge >= 0.3 is 0 Å². The SMILES string of the molecule is c1ccc(-c2cn3ccc(-c4ccc(-c5nc6ccccc6c6c5ccc5oc(-c7ccccc7)nc56)cc4)cc3n2)cc1. The number of nitrogens with zero attached hydrogens (tertiary/aromatic N) is 4. The van der Waals surface area contributed by atoms with Crippen molar-refractivity contribution in [2.75, 3.05) is 0 Å². The van der Waals surface area contributed by atoms with E-state index in [1.54, 1.807) is 0 Å². The quantitative estimate of drug-likeness (QED) is 0.200. The third-order valence-electron chi connectivity index (χ3n) is 8.26. The van der Waals surface area contributed by atoms with Gasteiger partial charge in [-0.2, -0.15) is 0 Å². The second kappa shape index (κ2) is 9.75. The molecule has 0 spiro atoms. The number of benzene rings is 5. The molecule has 4 heterocycles. The number of hydrogen-bond acceptors (Lipinski definition) is 4. The van der Waals surface area contributed by atoms with E-state index in [1.165, 1.54) is 0 Å². The average Bonchev–Trinajstić information content (AvgIpc) is 3.73. The Labute approximate surface area is 252 Å². The summed E-state index contributed by atoms with van der Waals surface area (Å²) < 4.78 is 8.31. The van der Waals surface area contributed by atoms with Gasteiger partial charge in [-0.25, -0.2) is 15.0 Å². The maximum Gasteiger partial charge on any atom is 0.227 e. The average molecular weight is 565 g/mol. The van der Waals surface area contributed by atoms with E-state index in [1.807, 2.05) is 60.7 Å². The van der Waals surface area contributed by atoms with Gasteiger partial charge in [-0.3, -0.25) is 0 Å². The molecule has 0 N–H and O–H groups in total. The van der Waals surface area contributed by atoms with Gasteiger partial charge in [0.25, 0.3) is 0 Å². The van der Waals surface area contributed by atoms with E-state index in [4.69, 9.17) is 19.4 Å². The van der Waals surface area contributed by atoms with Crippen molar-refractivity contribution >= 4 is 38.4 Å². The number of hydrogen-bond donors (Lipinski definition) is 0. The molecule has 0 radical (unpaired) electrons. The summed E-state index contributed by atoms with van der Waals surface area (Å²) in [5.41, 5.74) is 10.7. The van der Waals surface area contributed by atoms with Gasteiger partial charge < -0.3 is 8.82 Å². The fraction of sp³-hybridized carbons (Fsp3) is 0. The second-order valence-corrected chi connectivity index (χ2v) is 10.9. The molecule has 44 heavy (non-hydrogen) atoms. The highest BCUT2D eigenvalue weighted by molar-refractivity contribution is 6.20. The predicted molar refractivity (Wildman–Crippen MR) is 177 cm³/mol. The molecule has 0 amide bonds. The van der Waals surface area contributed by atoms with Crippen molar-refractivity contribution in [1.82, 2.24) is 19.4 Å². The van der Waals surface area contributed by atoms with Crippen molar-refractivity contribution in [3.8, 4) is 45.1 Å². The first kappa shape index (κ1) is 24.5. The van der Waals surface area contributed by atoms with Gasteiger partial charge in [-0.05, 0) is 53.6 Å². The van der Waals surface area contributed by atoms with Crippen LogP contribution in [-0.2, 0) is 0 Å². The van der Waals surface area contributed by atoms with Gasteiger partial charge in [-0.1, -0.05) is 91.0 Å². The molecule has 5 aromatic carbocycles. The van der Waals surface area contributed by atoms with Crippen LogP contribution in [-0.4, -0.2) is 19.4 Å². The number of rotatable bonds is 4. The molecule has 9 rings (SSSR count). The number of oxazole rings is 1. The zero-order chi connectivity index (χ0) is 29.0. The van der Waals surface area contributed by atoms with E-state index >= 15 is 0 Å². The molecule has 0 atom stereocenters. The van der Waals surface area contributed by atoms with Crippen molar-refractivity contribution < 1.29 is 4.42 Å². The van der Waals surface area contributed by atoms with Gasteiger partial charge in [0.2, 0.25) is 5.89 Å². The molecule has 4 aromatic heterocycles. The highest BCUT2D eigenvalue weighted by atomic mass is 16.3. The lowest BCUT2D eigenvalue weighted by molar-refractivity contribution is 0.620. The summed E-state index contributed by atoms with van der Waals surface area (Å²) in [5, 5.41) is 3.16. The Hall–Kier alpha value is -6.07. The Kier molecular flexibility index (Phi) is 5.43. The molecule has 0 saturated carbocycles. The summed E-state index contributed by atoms with van der Waals surface area (Å²) >= 11 is 0. The van der Waals surface area contributed by atoms with Crippen molar-refractivity contribution in [1.29, 1.82) is 0 Å². The maximum absolute atomic E-state index is 6.24. The van der Waals surface area contributed by atoms with Crippen LogP contribution in [0.1, 0.15) is 0 Å². The first-order valence-corrected chi connectivity index (χ1v) is 14.6. The van der Waals surface area contributed by atoms with E-state index in [2.05, 4.69) is 89.6 Å². The summed E-state index contributed by atoms with van der Waals surface area (Å²) in [6.45, 7) is 0. The van der Waals surface area contributed by atoms with Crippen LogP contribution < -0.4 is 0 Å². The number of aromatic nitrogens is 4. The van der Waals surface area contributed by atoms with E-state index < -0.39 is 0 Å². The summed E-state index contributed by atoms with van der Waals surface area (Å²) in [7, 11) is 0. The van der Waals surface area contributed by atoms with Crippen molar-refractivity contribution in [2.45, 2.75) is 0 Å². The van der Waals surface area contributed by atoms with E-state index in [-0.39, 0.29) is 0 Å². The Morgan fingerprint density at radius 1 is 0.523 bits per heavy atom. The minimum absolute atomic E-state index is 0.616. The standard InChI is InChI=1S/C39H24N4O/c1-3-9-26(10-4-1)33-24-43-22-21-29(23-35(43)40-33)25-15-17-27(18-16-25)37-31-19-20-34-38(36(31)30-13-7-8-14-32(30)41-37)42-39(44-34)28-11-5-2-6-12-28/h1-24H. The zero-order valence-corrected chi connectivity index (χ0v) is 23.6. The molecular weight excluding hydrogens is 540 g/mol. The lowest BCUT2D eigenvalue weighted by Crippen LogP contribution is -1.91. The molecule has 5 heteroatoms. The summed E-state index contributed by atoms with van der Waals surface area (Å²) in [5.74, 6) is 0.616. The van der Waals surface area contributed by atoms with Crippen LogP contribution >= 0.6 is 0 Å². The van der Waals surface area contributed by atoms with Gasteiger partial charge in [-0.15, -0.1) is 0 Å². The normalized spacial score (nSPS) is 11.6. The lowest BCUT2D eigenvalue weighted by atomic mass is 9.97. The molecule has 5 nitrogen and oxygen atoms in total. The predicted octanol–water partition coefficient (Wildman–Crippen LogP) is 9.84. The number of pyridine rings is 2. The molecule has 0 aliphatic heterocycles. The van der Waals surface area contributed by atoms with Crippen LogP contribution in [0, 0.1) is 0 Å². The van der Waals surface area contributed by atoms with Crippen LogP contribution in [0.3, 0.4) is 0 Å². The Morgan fingerprint density at radius 2 is 1.25 bits per heavy atom. The molecule has 0 unspecified atom stereocenters. The summed E-state index contributed by atoms with van der Waals surface area (Å²) in [6.07, 6.45) is 4.14.